The van der Waals surface area contributed by atoms with Crippen molar-refractivity contribution >= 4 is 11.6 Å². The average molecular weight is 405 g/mol. The van der Waals surface area contributed by atoms with Crippen LogP contribution in [0.2, 0.25) is 0 Å². The molecule has 1 amide bonds. The lowest BCUT2D eigenvalue weighted by molar-refractivity contribution is -0.116. The number of anilines is 1. The third kappa shape index (κ3) is 3.86. The molecule has 0 saturated carbocycles. The van der Waals surface area contributed by atoms with E-state index in [4.69, 9.17) is 0 Å². The second kappa shape index (κ2) is 8.08. The van der Waals surface area contributed by atoms with E-state index in [1.54, 1.807) is 36.7 Å². The highest BCUT2D eigenvalue weighted by atomic mass is 19.1. The standard InChI is InChI=1S/C21H16FN5O3/c22-16-7-1-2-8-17(16)24-18(28)13-26-10-4-6-15-19(26)25-21(30)27(20(15)29)12-14-5-3-9-23-11-14/h1-11H,12-13H2,(H,24,28). The van der Waals surface area contributed by atoms with Gasteiger partial charge in [0.2, 0.25) is 5.91 Å². The number of halogens is 1. The number of nitrogens with one attached hydrogen (secondary N) is 1. The van der Waals surface area contributed by atoms with Gasteiger partial charge in [-0.1, -0.05) is 18.2 Å². The predicted octanol–water partition coefficient (Wildman–Crippen LogP) is 1.73. The van der Waals surface area contributed by atoms with Crippen LogP contribution in [-0.4, -0.2) is 25.0 Å². The largest absolute Gasteiger partial charge is 0.352 e. The lowest BCUT2D eigenvalue weighted by atomic mass is 10.2. The fourth-order valence-corrected chi connectivity index (χ4v) is 3.07. The molecule has 1 N–H and O–H groups in total. The highest BCUT2D eigenvalue weighted by Gasteiger charge is 2.18. The van der Waals surface area contributed by atoms with Gasteiger partial charge in [-0.2, -0.15) is 4.98 Å². The number of hydrogen-bond donors (Lipinski definition) is 1. The van der Waals surface area contributed by atoms with Gasteiger partial charge in [-0.15, -0.1) is 0 Å². The first-order valence-electron chi connectivity index (χ1n) is 9.06. The van der Waals surface area contributed by atoms with Gasteiger partial charge >= 0.3 is 5.69 Å². The second-order valence-corrected chi connectivity index (χ2v) is 6.55. The number of hydrogen-bond acceptors (Lipinski definition) is 5. The maximum absolute atomic E-state index is 13.7. The Kier molecular flexibility index (Phi) is 5.17. The summed E-state index contributed by atoms with van der Waals surface area (Å²) in [5.74, 6) is -1.00. The molecule has 0 atom stereocenters. The molecule has 2 aliphatic heterocycles. The zero-order valence-corrected chi connectivity index (χ0v) is 15.7. The number of para-hydroxylation sites is 1. The molecule has 0 bridgehead atoms. The normalized spacial score (nSPS) is 10.8. The van der Waals surface area contributed by atoms with Gasteiger partial charge < -0.3 is 9.88 Å². The molecule has 0 saturated heterocycles. The molecule has 2 aliphatic rings. The summed E-state index contributed by atoms with van der Waals surface area (Å²) in [6, 6.07) is 12.4. The van der Waals surface area contributed by atoms with Crippen molar-refractivity contribution in [2.24, 2.45) is 0 Å². The zero-order chi connectivity index (χ0) is 21.1. The molecule has 1 aromatic carbocycles. The molecule has 0 unspecified atom stereocenters. The van der Waals surface area contributed by atoms with E-state index in [2.05, 4.69) is 15.3 Å². The quantitative estimate of drug-likeness (QED) is 0.545. The Bertz CT molecular complexity index is 1300. The first kappa shape index (κ1) is 19.2. The van der Waals surface area contributed by atoms with Gasteiger partial charge in [-0.3, -0.25) is 19.1 Å². The van der Waals surface area contributed by atoms with E-state index >= 15 is 0 Å². The molecule has 0 aliphatic carbocycles. The summed E-state index contributed by atoms with van der Waals surface area (Å²) in [6.45, 7) is -0.207. The molecule has 8 nitrogen and oxygen atoms in total. The Morgan fingerprint density at radius 2 is 1.90 bits per heavy atom. The van der Waals surface area contributed by atoms with E-state index in [-0.39, 0.29) is 30.2 Å². The maximum Gasteiger partial charge on any atom is 0.352 e. The zero-order valence-electron chi connectivity index (χ0n) is 15.7. The third-order valence-electron chi connectivity index (χ3n) is 4.48. The van der Waals surface area contributed by atoms with Crippen LogP contribution in [-0.2, 0) is 17.9 Å². The van der Waals surface area contributed by atoms with Crippen molar-refractivity contribution in [2.45, 2.75) is 13.1 Å². The topological polar surface area (TPSA) is 98.9 Å². The number of pyridine rings is 2. The van der Waals surface area contributed by atoms with Crippen molar-refractivity contribution in [1.29, 1.82) is 0 Å². The van der Waals surface area contributed by atoms with Crippen LogP contribution in [0.25, 0.3) is 11.4 Å². The number of carbonyl (C=O) groups is 1. The monoisotopic (exact) mass is 405 g/mol. The molecule has 1 aromatic heterocycles. The van der Waals surface area contributed by atoms with E-state index in [9.17, 15) is 18.8 Å². The van der Waals surface area contributed by atoms with E-state index in [0.717, 1.165) is 4.57 Å². The van der Waals surface area contributed by atoms with Gasteiger partial charge in [0.15, 0.2) is 5.82 Å². The van der Waals surface area contributed by atoms with Crippen molar-refractivity contribution in [2.75, 3.05) is 5.32 Å². The number of benzene rings is 1. The predicted molar refractivity (Wildman–Crippen MR) is 108 cm³/mol. The van der Waals surface area contributed by atoms with E-state index in [1.807, 2.05) is 0 Å². The highest BCUT2D eigenvalue weighted by molar-refractivity contribution is 5.90. The van der Waals surface area contributed by atoms with Gasteiger partial charge in [-0.25, -0.2) is 9.18 Å². The summed E-state index contributed by atoms with van der Waals surface area (Å²) in [5.41, 5.74) is -0.325. The highest BCUT2D eigenvalue weighted by Crippen LogP contribution is 2.15. The van der Waals surface area contributed by atoms with Crippen LogP contribution in [0.5, 0.6) is 0 Å². The molecule has 9 heteroatoms. The molecular formula is C21H16FN5O3. The molecule has 0 fully saturated rings. The Labute approximate surface area is 169 Å². The average Bonchev–Trinajstić information content (AvgIpc) is 2.74. The summed E-state index contributed by atoms with van der Waals surface area (Å²) >= 11 is 0. The Balaban J connectivity index is 1.66. The molecule has 150 valence electrons. The Morgan fingerprint density at radius 3 is 2.67 bits per heavy atom. The maximum atomic E-state index is 13.7. The van der Waals surface area contributed by atoms with Crippen molar-refractivity contribution in [3.05, 3.63) is 99.3 Å². The fourth-order valence-electron chi connectivity index (χ4n) is 3.07. The summed E-state index contributed by atoms with van der Waals surface area (Å²) in [5, 5.41) is 2.47. The molecule has 4 rings (SSSR count). The van der Waals surface area contributed by atoms with Crippen LogP contribution in [0.1, 0.15) is 5.56 Å². The van der Waals surface area contributed by atoms with Gasteiger partial charge in [0.1, 0.15) is 12.4 Å². The molecular weight excluding hydrogens is 389 g/mol. The van der Waals surface area contributed by atoms with Crippen LogP contribution in [0.3, 0.4) is 0 Å². The van der Waals surface area contributed by atoms with Gasteiger partial charge in [0, 0.05) is 18.6 Å². The lowest BCUT2D eigenvalue weighted by Crippen LogP contribution is -2.38. The Hall–Kier alpha value is -4.14. The first-order chi connectivity index (χ1) is 14.5. The summed E-state index contributed by atoms with van der Waals surface area (Å²) in [4.78, 5) is 45.7. The first-order valence-corrected chi connectivity index (χ1v) is 9.06. The minimum atomic E-state index is -0.731. The van der Waals surface area contributed by atoms with Crippen molar-refractivity contribution in [3.63, 3.8) is 0 Å². The molecule has 0 radical (unpaired) electrons. The molecule has 0 spiro atoms. The molecule has 2 aromatic rings. The minimum Gasteiger partial charge on any atom is -0.323 e. The smallest absolute Gasteiger partial charge is 0.323 e. The number of amides is 1. The van der Waals surface area contributed by atoms with E-state index < -0.39 is 23.0 Å². The van der Waals surface area contributed by atoms with Crippen molar-refractivity contribution in [3.8, 4) is 11.4 Å². The fraction of sp³-hybridized carbons (Fsp3) is 0.0952. The number of nitrogens with zero attached hydrogens (tertiary/aromatic N) is 4. The van der Waals surface area contributed by atoms with Crippen LogP contribution in [0.15, 0.2) is 76.7 Å². The number of rotatable bonds is 5. The van der Waals surface area contributed by atoms with Gasteiger partial charge in [0.25, 0.3) is 5.56 Å². The van der Waals surface area contributed by atoms with E-state index in [1.165, 1.54) is 35.0 Å². The van der Waals surface area contributed by atoms with Gasteiger partial charge in [0.05, 0.1) is 17.8 Å². The summed E-state index contributed by atoms with van der Waals surface area (Å²) < 4.78 is 16.1. The van der Waals surface area contributed by atoms with Gasteiger partial charge in [-0.05, 0) is 35.9 Å². The second-order valence-electron chi connectivity index (χ2n) is 6.55. The van der Waals surface area contributed by atoms with Crippen molar-refractivity contribution in [1.82, 2.24) is 19.1 Å². The number of fused-ring (bicyclic) bond motifs is 1. The van der Waals surface area contributed by atoms with Crippen LogP contribution in [0.4, 0.5) is 10.1 Å². The summed E-state index contributed by atoms with van der Waals surface area (Å²) in [6.07, 6.45) is 4.69. The van der Waals surface area contributed by atoms with Crippen LogP contribution in [0, 0.1) is 5.82 Å². The summed E-state index contributed by atoms with van der Waals surface area (Å²) in [7, 11) is 0. The third-order valence-corrected chi connectivity index (χ3v) is 4.48. The SMILES string of the molecule is O=C(Cn1cccc2c(=O)n(Cc3cccnc3)c(=O)nc1-2)Nc1ccccc1F. The van der Waals surface area contributed by atoms with Crippen molar-refractivity contribution < 1.29 is 9.18 Å². The van der Waals surface area contributed by atoms with Crippen LogP contribution >= 0.6 is 0 Å². The molecule has 3 heterocycles. The number of carbonyl (C=O) groups excluding carboxylic acids is 1. The lowest BCUT2D eigenvalue weighted by Gasteiger charge is -2.15. The minimum absolute atomic E-state index is 0.0388. The van der Waals surface area contributed by atoms with E-state index in [0.29, 0.717) is 5.56 Å². The molecule has 30 heavy (non-hydrogen) atoms. The number of aromatic nitrogens is 4. The Morgan fingerprint density at radius 1 is 1.07 bits per heavy atom. The van der Waals surface area contributed by atoms with Crippen LogP contribution < -0.4 is 16.6 Å².